The molecule has 27 heavy (non-hydrogen) atoms. The molecule has 0 atom stereocenters. The van der Waals surface area contributed by atoms with Gasteiger partial charge in [0, 0.05) is 50.3 Å². The maximum atomic E-state index is 12.7. The van der Waals surface area contributed by atoms with Crippen LogP contribution in [0.15, 0.2) is 67.3 Å². The van der Waals surface area contributed by atoms with Crippen molar-refractivity contribution in [2.45, 2.75) is 0 Å². The Bertz CT molecular complexity index is 879. The Morgan fingerprint density at radius 2 is 1.59 bits per heavy atom. The molecule has 0 spiro atoms. The van der Waals surface area contributed by atoms with Crippen molar-refractivity contribution in [2.75, 3.05) is 31.1 Å². The lowest BCUT2D eigenvalue weighted by atomic mass is 10.1. The fourth-order valence-corrected chi connectivity index (χ4v) is 2.96. The molecule has 0 aliphatic carbocycles. The summed E-state index contributed by atoms with van der Waals surface area (Å²) in [4.78, 5) is 29.2. The highest BCUT2D eigenvalue weighted by atomic mass is 16.5. The summed E-state index contributed by atoms with van der Waals surface area (Å²) in [6.45, 7) is 2.73. The molecular weight excluding hydrogens is 342 g/mol. The molecule has 136 valence electrons. The number of amides is 1. The van der Waals surface area contributed by atoms with Gasteiger partial charge in [0.15, 0.2) is 0 Å². The van der Waals surface area contributed by atoms with Gasteiger partial charge in [0.25, 0.3) is 5.91 Å². The number of piperazine rings is 1. The van der Waals surface area contributed by atoms with Crippen LogP contribution in [-0.2, 0) is 0 Å². The van der Waals surface area contributed by atoms with Gasteiger partial charge in [0.1, 0.15) is 11.5 Å². The molecular formula is C20H19N5O2. The van der Waals surface area contributed by atoms with Crippen molar-refractivity contribution in [1.29, 1.82) is 0 Å². The Kier molecular flexibility index (Phi) is 4.91. The van der Waals surface area contributed by atoms with E-state index in [1.54, 1.807) is 55.1 Å². The number of hydrogen-bond donors (Lipinski definition) is 0. The number of anilines is 1. The average molecular weight is 361 g/mol. The molecule has 1 aliphatic rings. The van der Waals surface area contributed by atoms with Crippen LogP contribution in [0.3, 0.4) is 0 Å². The fourth-order valence-electron chi connectivity index (χ4n) is 2.96. The summed E-state index contributed by atoms with van der Waals surface area (Å²) >= 11 is 0. The molecule has 3 heterocycles. The molecule has 1 amide bonds. The Morgan fingerprint density at radius 1 is 0.852 bits per heavy atom. The Labute approximate surface area is 157 Å². The molecule has 0 radical (unpaired) electrons. The zero-order valence-electron chi connectivity index (χ0n) is 14.7. The van der Waals surface area contributed by atoms with E-state index < -0.39 is 0 Å². The van der Waals surface area contributed by atoms with E-state index in [1.165, 1.54) is 0 Å². The molecule has 0 unspecified atom stereocenters. The van der Waals surface area contributed by atoms with Crippen LogP contribution in [-0.4, -0.2) is 51.9 Å². The van der Waals surface area contributed by atoms with E-state index in [2.05, 4.69) is 19.9 Å². The van der Waals surface area contributed by atoms with Gasteiger partial charge in [-0.25, -0.2) is 9.97 Å². The smallest absolute Gasteiger partial charge is 0.253 e. The minimum Gasteiger partial charge on any atom is -0.456 e. The molecule has 7 heteroatoms. The van der Waals surface area contributed by atoms with E-state index in [1.807, 2.05) is 17.0 Å². The summed E-state index contributed by atoms with van der Waals surface area (Å²) < 4.78 is 5.71. The van der Waals surface area contributed by atoms with Gasteiger partial charge >= 0.3 is 0 Å². The van der Waals surface area contributed by atoms with Crippen LogP contribution in [0.5, 0.6) is 11.5 Å². The van der Waals surface area contributed by atoms with Crippen LogP contribution in [0.1, 0.15) is 10.4 Å². The summed E-state index contributed by atoms with van der Waals surface area (Å²) in [5.41, 5.74) is 0.651. The van der Waals surface area contributed by atoms with E-state index in [4.69, 9.17) is 4.74 Å². The quantitative estimate of drug-likeness (QED) is 0.711. The lowest BCUT2D eigenvalue weighted by Gasteiger charge is -2.34. The summed E-state index contributed by atoms with van der Waals surface area (Å²) in [7, 11) is 0. The van der Waals surface area contributed by atoms with E-state index in [0.717, 1.165) is 13.1 Å². The van der Waals surface area contributed by atoms with E-state index >= 15 is 0 Å². The van der Waals surface area contributed by atoms with Crippen molar-refractivity contribution in [1.82, 2.24) is 19.9 Å². The average Bonchev–Trinajstić information content (AvgIpc) is 2.75. The highest BCUT2D eigenvalue weighted by Gasteiger charge is 2.23. The number of nitrogens with zero attached hydrogens (tertiary/aromatic N) is 5. The van der Waals surface area contributed by atoms with Gasteiger partial charge in [0.2, 0.25) is 5.95 Å². The maximum Gasteiger partial charge on any atom is 0.253 e. The van der Waals surface area contributed by atoms with Crippen molar-refractivity contribution in [2.24, 2.45) is 0 Å². The molecule has 1 fully saturated rings. The number of benzene rings is 1. The van der Waals surface area contributed by atoms with Crippen molar-refractivity contribution in [3.8, 4) is 11.5 Å². The van der Waals surface area contributed by atoms with Crippen molar-refractivity contribution >= 4 is 11.9 Å². The highest BCUT2D eigenvalue weighted by molar-refractivity contribution is 5.94. The van der Waals surface area contributed by atoms with Crippen LogP contribution < -0.4 is 9.64 Å². The largest absolute Gasteiger partial charge is 0.456 e. The van der Waals surface area contributed by atoms with Gasteiger partial charge in [-0.05, 0) is 42.5 Å². The molecule has 1 saturated heterocycles. The molecule has 0 N–H and O–H groups in total. The summed E-state index contributed by atoms with van der Waals surface area (Å²) in [6, 6.07) is 12.6. The second-order valence-electron chi connectivity index (χ2n) is 6.14. The summed E-state index contributed by atoms with van der Waals surface area (Å²) in [6.07, 6.45) is 6.80. The standard InChI is InChI=1S/C20H19N5O2/c26-19(24-11-13-25(14-12-24)20-22-9-2-10-23-20)16-4-6-17(7-5-16)27-18-3-1-8-21-15-18/h1-10,15H,11-14H2. The third kappa shape index (κ3) is 4.03. The molecule has 1 aliphatic heterocycles. The normalized spacial score (nSPS) is 14.1. The number of carbonyl (C=O) groups excluding carboxylic acids is 1. The first-order chi connectivity index (χ1) is 13.3. The first-order valence-electron chi connectivity index (χ1n) is 8.79. The van der Waals surface area contributed by atoms with Crippen molar-refractivity contribution in [3.63, 3.8) is 0 Å². The number of rotatable bonds is 4. The lowest BCUT2D eigenvalue weighted by Crippen LogP contribution is -2.49. The molecule has 7 nitrogen and oxygen atoms in total. The van der Waals surface area contributed by atoms with Gasteiger partial charge in [-0.2, -0.15) is 0 Å². The van der Waals surface area contributed by atoms with Gasteiger partial charge in [0.05, 0.1) is 6.20 Å². The number of pyridine rings is 1. The molecule has 2 aromatic heterocycles. The predicted molar refractivity (Wildman–Crippen MR) is 101 cm³/mol. The molecule has 0 bridgehead atoms. The fraction of sp³-hybridized carbons (Fsp3) is 0.200. The first kappa shape index (κ1) is 17.0. The number of ether oxygens (including phenoxy) is 1. The van der Waals surface area contributed by atoms with Gasteiger partial charge in [-0.15, -0.1) is 0 Å². The summed E-state index contributed by atoms with van der Waals surface area (Å²) in [5, 5.41) is 0. The second kappa shape index (κ2) is 7.82. The van der Waals surface area contributed by atoms with Crippen LogP contribution >= 0.6 is 0 Å². The van der Waals surface area contributed by atoms with Gasteiger partial charge in [-0.3, -0.25) is 9.78 Å². The Morgan fingerprint density at radius 3 is 2.26 bits per heavy atom. The van der Waals surface area contributed by atoms with Crippen LogP contribution in [0, 0.1) is 0 Å². The lowest BCUT2D eigenvalue weighted by molar-refractivity contribution is 0.0746. The zero-order valence-corrected chi connectivity index (χ0v) is 14.7. The SMILES string of the molecule is O=C(c1ccc(Oc2cccnc2)cc1)N1CCN(c2ncccn2)CC1. The van der Waals surface area contributed by atoms with Crippen LogP contribution in [0.2, 0.25) is 0 Å². The minimum atomic E-state index is 0.0246. The predicted octanol–water partition coefficient (Wildman–Crippen LogP) is 2.63. The monoisotopic (exact) mass is 361 g/mol. The minimum absolute atomic E-state index is 0.0246. The van der Waals surface area contributed by atoms with E-state index in [9.17, 15) is 4.79 Å². The van der Waals surface area contributed by atoms with E-state index in [0.29, 0.717) is 36.1 Å². The van der Waals surface area contributed by atoms with Crippen molar-refractivity contribution in [3.05, 3.63) is 72.8 Å². The first-order valence-corrected chi connectivity index (χ1v) is 8.79. The molecule has 0 saturated carbocycles. The Hall–Kier alpha value is -3.48. The second-order valence-corrected chi connectivity index (χ2v) is 6.14. The highest BCUT2D eigenvalue weighted by Crippen LogP contribution is 2.21. The van der Waals surface area contributed by atoms with Gasteiger partial charge < -0.3 is 14.5 Å². The number of hydrogen-bond acceptors (Lipinski definition) is 6. The third-order valence-corrected chi connectivity index (χ3v) is 4.37. The molecule has 4 rings (SSSR count). The number of aromatic nitrogens is 3. The van der Waals surface area contributed by atoms with Crippen molar-refractivity contribution < 1.29 is 9.53 Å². The zero-order chi connectivity index (χ0) is 18.5. The van der Waals surface area contributed by atoms with Crippen LogP contribution in [0.25, 0.3) is 0 Å². The topological polar surface area (TPSA) is 71.5 Å². The van der Waals surface area contributed by atoms with Crippen LogP contribution in [0.4, 0.5) is 5.95 Å². The maximum absolute atomic E-state index is 12.7. The Balaban J connectivity index is 1.36. The molecule has 1 aromatic carbocycles. The van der Waals surface area contributed by atoms with E-state index in [-0.39, 0.29) is 5.91 Å². The number of carbonyl (C=O) groups is 1. The molecule has 3 aromatic rings. The summed E-state index contributed by atoms with van der Waals surface area (Å²) in [5.74, 6) is 2.07. The third-order valence-electron chi connectivity index (χ3n) is 4.37. The van der Waals surface area contributed by atoms with Gasteiger partial charge in [-0.1, -0.05) is 0 Å².